The molecule has 27 heavy (non-hydrogen) atoms. The van der Waals surface area contributed by atoms with Crippen LogP contribution in [0.5, 0.6) is 0 Å². The molecule has 2 N–H and O–H groups in total. The quantitative estimate of drug-likeness (QED) is 0.435. The van der Waals surface area contributed by atoms with Crippen LogP contribution >= 0.6 is 27.3 Å². The Morgan fingerprint density at radius 1 is 0.963 bits per heavy atom. The Morgan fingerprint density at radius 3 is 2.44 bits per heavy atom. The first-order valence-corrected chi connectivity index (χ1v) is 9.75. The first-order valence-electron chi connectivity index (χ1n) is 8.08. The topological polar surface area (TPSA) is 70.6 Å². The van der Waals surface area contributed by atoms with E-state index in [2.05, 4.69) is 31.8 Å². The van der Waals surface area contributed by atoms with Crippen molar-refractivity contribution in [2.75, 3.05) is 5.32 Å². The average Bonchev–Trinajstić information content (AvgIpc) is 3.21. The number of thiophene rings is 1. The SMILES string of the molecule is C/C(=N\NC(=O)c1ccc(Br)cc1)c1cccc(NC(=O)c2cccs2)c1. The molecule has 3 rings (SSSR count). The Labute approximate surface area is 169 Å². The van der Waals surface area contributed by atoms with Crippen molar-refractivity contribution in [3.8, 4) is 0 Å². The summed E-state index contributed by atoms with van der Waals surface area (Å²) in [6.07, 6.45) is 0. The summed E-state index contributed by atoms with van der Waals surface area (Å²) < 4.78 is 0.903. The number of nitrogens with zero attached hydrogens (tertiary/aromatic N) is 1. The molecule has 0 aliphatic carbocycles. The van der Waals surface area contributed by atoms with E-state index in [0.717, 1.165) is 10.0 Å². The van der Waals surface area contributed by atoms with Crippen molar-refractivity contribution >= 4 is 50.5 Å². The summed E-state index contributed by atoms with van der Waals surface area (Å²) in [6, 6.07) is 17.9. The van der Waals surface area contributed by atoms with Crippen molar-refractivity contribution in [2.45, 2.75) is 6.92 Å². The Balaban J connectivity index is 1.68. The Hall–Kier alpha value is -2.77. The second-order valence-electron chi connectivity index (χ2n) is 5.66. The van der Waals surface area contributed by atoms with Gasteiger partial charge in [-0.05, 0) is 60.3 Å². The van der Waals surface area contributed by atoms with Crippen molar-refractivity contribution in [2.24, 2.45) is 5.10 Å². The molecule has 136 valence electrons. The molecule has 2 aromatic carbocycles. The van der Waals surface area contributed by atoms with E-state index in [1.165, 1.54) is 11.3 Å². The number of benzene rings is 2. The molecule has 2 amide bonds. The molecule has 0 atom stereocenters. The van der Waals surface area contributed by atoms with Crippen molar-refractivity contribution < 1.29 is 9.59 Å². The van der Waals surface area contributed by atoms with Crippen LogP contribution < -0.4 is 10.7 Å². The summed E-state index contributed by atoms with van der Waals surface area (Å²) in [5.41, 5.74) is 5.17. The van der Waals surface area contributed by atoms with E-state index in [4.69, 9.17) is 0 Å². The van der Waals surface area contributed by atoms with E-state index in [1.807, 2.05) is 35.7 Å². The maximum Gasteiger partial charge on any atom is 0.271 e. The van der Waals surface area contributed by atoms with Gasteiger partial charge in [0, 0.05) is 15.7 Å². The fourth-order valence-electron chi connectivity index (χ4n) is 2.29. The highest BCUT2D eigenvalue weighted by Gasteiger charge is 2.08. The lowest BCUT2D eigenvalue weighted by Gasteiger charge is -2.07. The number of hydrogen-bond donors (Lipinski definition) is 2. The third kappa shape index (κ3) is 5.12. The fourth-order valence-corrected chi connectivity index (χ4v) is 3.17. The van der Waals surface area contributed by atoms with Gasteiger partial charge in [0.05, 0.1) is 10.6 Å². The van der Waals surface area contributed by atoms with Crippen LogP contribution in [0.15, 0.2) is 75.6 Å². The molecule has 7 heteroatoms. The molecular weight excluding hydrogens is 426 g/mol. The summed E-state index contributed by atoms with van der Waals surface area (Å²) in [7, 11) is 0. The third-order valence-electron chi connectivity index (χ3n) is 3.71. The van der Waals surface area contributed by atoms with Crippen molar-refractivity contribution in [3.05, 3.63) is 86.5 Å². The zero-order valence-electron chi connectivity index (χ0n) is 14.4. The van der Waals surface area contributed by atoms with Gasteiger partial charge < -0.3 is 5.32 Å². The van der Waals surface area contributed by atoms with Crippen LogP contribution in [0.2, 0.25) is 0 Å². The lowest BCUT2D eigenvalue weighted by atomic mass is 10.1. The second-order valence-corrected chi connectivity index (χ2v) is 7.52. The summed E-state index contributed by atoms with van der Waals surface area (Å²) in [6.45, 7) is 1.79. The van der Waals surface area contributed by atoms with E-state index >= 15 is 0 Å². The normalized spacial score (nSPS) is 11.1. The maximum atomic E-state index is 12.2. The van der Waals surface area contributed by atoms with Gasteiger partial charge in [0.15, 0.2) is 0 Å². The summed E-state index contributed by atoms with van der Waals surface area (Å²) >= 11 is 4.72. The zero-order chi connectivity index (χ0) is 19.2. The Kier molecular flexibility index (Phi) is 6.16. The van der Waals surface area contributed by atoms with Gasteiger partial charge in [-0.1, -0.05) is 34.1 Å². The Bertz CT molecular complexity index is 983. The molecular formula is C20H16BrN3O2S. The van der Waals surface area contributed by atoms with Crippen LogP contribution in [-0.2, 0) is 0 Å². The molecule has 3 aromatic rings. The molecule has 0 aliphatic rings. The predicted molar refractivity (Wildman–Crippen MR) is 113 cm³/mol. The molecule has 1 heterocycles. The highest BCUT2D eigenvalue weighted by Crippen LogP contribution is 2.15. The minimum atomic E-state index is -0.288. The van der Waals surface area contributed by atoms with Crippen molar-refractivity contribution in [1.29, 1.82) is 0 Å². The number of nitrogens with one attached hydrogen (secondary N) is 2. The van der Waals surface area contributed by atoms with E-state index in [0.29, 0.717) is 21.8 Å². The molecule has 0 unspecified atom stereocenters. The van der Waals surface area contributed by atoms with Crippen molar-refractivity contribution in [1.82, 2.24) is 5.43 Å². The third-order valence-corrected chi connectivity index (χ3v) is 5.11. The van der Waals surface area contributed by atoms with Gasteiger partial charge in [0.25, 0.3) is 11.8 Å². The fraction of sp³-hybridized carbons (Fsp3) is 0.0500. The molecule has 0 saturated carbocycles. The average molecular weight is 442 g/mol. The van der Waals surface area contributed by atoms with Crippen molar-refractivity contribution in [3.63, 3.8) is 0 Å². The van der Waals surface area contributed by atoms with Gasteiger partial charge in [-0.25, -0.2) is 5.43 Å². The smallest absolute Gasteiger partial charge is 0.271 e. The van der Waals surface area contributed by atoms with E-state index < -0.39 is 0 Å². The number of hydrazone groups is 1. The number of hydrogen-bond acceptors (Lipinski definition) is 4. The van der Waals surface area contributed by atoms with Gasteiger partial charge in [-0.15, -0.1) is 11.3 Å². The molecule has 0 saturated heterocycles. The summed E-state index contributed by atoms with van der Waals surface area (Å²) in [5, 5.41) is 8.88. The van der Waals surface area contributed by atoms with Crippen LogP contribution in [0.4, 0.5) is 5.69 Å². The van der Waals surface area contributed by atoms with E-state index in [9.17, 15) is 9.59 Å². The standard InChI is InChI=1S/C20H16BrN3O2S/c1-13(23-24-19(25)14-7-9-16(21)10-8-14)15-4-2-5-17(12-15)22-20(26)18-6-3-11-27-18/h2-12H,1H3,(H,22,26)(H,24,25)/b23-13+. The lowest BCUT2D eigenvalue weighted by molar-refractivity contribution is 0.0954. The highest BCUT2D eigenvalue weighted by molar-refractivity contribution is 9.10. The van der Waals surface area contributed by atoms with Crippen LogP contribution in [-0.4, -0.2) is 17.5 Å². The molecule has 0 bridgehead atoms. The van der Waals surface area contributed by atoms with Gasteiger partial charge in [-0.2, -0.15) is 5.10 Å². The number of anilines is 1. The number of halogens is 1. The molecule has 0 spiro atoms. The number of amides is 2. The van der Waals surface area contributed by atoms with Crippen LogP contribution in [0.1, 0.15) is 32.5 Å². The predicted octanol–water partition coefficient (Wildman–Crippen LogP) is 4.92. The highest BCUT2D eigenvalue weighted by atomic mass is 79.9. The largest absolute Gasteiger partial charge is 0.321 e. The molecule has 1 aromatic heterocycles. The molecule has 0 radical (unpaired) electrons. The second kappa shape index (κ2) is 8.75. The van der Waals surface area contributed by atoms with Gasteiger partial charge in [0.1, 0.15) is 0 Å². The maximum absolute atomic E-state index is 12.2. The van der Waals surface area contributed by atoms with Crippen LogP contribution in [0.25, 0.3) is 0 Å². The number of rotatable bonds is 5. The summed E-state index contributed by atoms with van der Waals surface area (Å²) in [5.74, 6) is -0.440. The number of carbonyl (C=O) groups is 2. The number of carbonyl (C=O) groups excluding carboxylic acids is 2. The van der Waals surface area contributed by atoms with Gasteiger partial charge in [-0.3, -0.25) is 9.59 Å². The zero-order valence-corrected chi connectivity index (χ0v) is 16.8. The van der Waals surface area contributed by atoms with E-state index in [-0.39, 0.29) is 11.8 Å². The van der Waals surface area contributed by atoms with Gasteiger partial charge >= 0.3 is 0 Å². The molecule has 0 aliphatic heterocycles. The van der Waals surface area contributed by atoms with Crippen LogP contribution in [0, 0.1) is 0 Å². The molecule has 5 nitrogen and oxygen atoms in total. The summed E-state index contributed by atoms with van der Waals surface area (Å²) in [4.78, 5) is 25.0. The monoisotopic (exact) mass is 441 g/mol. The minimum absolute atomic E-state index is 0.153. The van der Waals surface area contributed by atoms with Gasteiger partial charge in [0.2, 0.25) is 0 Å². The minimum Gasteiger partial charge on any atom is -0.321 e. The van der Waals surface area contributed by atoms with E-state index in [1.54, 1.807) is 37.3 Å². The van der Waals surface area contributed by atoms with Crippen LogP contribution in [0.3, 0.4) is 0 Å². The lowest BCUT2D eigenvalue weighted by Crippen LogP contribution is -2.19. The first kappa shape index (κ1) is 19.0. The molecule has 0 fully saturated rings. The first-order chi connectivity index (χ1) is 13.0. The Morgan fingerprint density at radius 2 is 1.74 bits per heavy atom.